The molecule has 1 N–H and O–H groups in total. The molecule has 1 aromatic carbocycles. The maximum atomic E-state index is 13.2. The van der Waals surface area contributed by atoms with Crippen molar-refractivity contribution in [2.24, 2.45) is 0 Å². The second-order valence-electron chi connectivity index (χ2n) is 3.43. The number of ether oxygens (including phenoxy) is 1. The van der Waals surface area contributed by atoms with Gasteiger partial charge in [-0.3, -0.25) is 0 Å². The molecule has 0 saturated carbocycles. The van der Waals surface area contributed by atoms with Gasteiger partial charge in [0.15, 0.2) is 0 Å². The first-order valence-corrected chi connectivity index (χ1v) is 5.02. The van der Waals surface area contributed by atoms with Gasteiger partial charge in [0.25, 0.3) is 0 Å². The van der Waals surface area contributed by atoms with E-state index in [-0.39, 0.29) is 12.2 Å². The highest BCUT2D eigenvalue weighted by atomic mass is 19.1. The minimum Gasteiger partial charge on any atom is -0.480 e. The van der Waals surface area contributed by atoms with Gasteiger partial charge >= 0.3 is 0 Å². The van der Waals surface area contributed by atoms with E-state index in [1.54, 1.807) is 24.3 Å². The fourth-order valence-electron chi connectivity index (χ4n) is 1.44. The summed E-state index contributed by atoms with van der Waals surface area (Å²) in [6.45, 7) is -0.344. The van der Waals surface area contributed by atoms with Gasteiger partial charge < -0.3 is 9.84 Å². The number of aliphatic hydroxyl groups excluding tert-OH is 1. The Bertz CT molecular complexity index is 514. The number of methoxy groups -OCH3 is 1. The number of nitrogens with zero attached hydrogens (tertiary/aromatic N) is 2. The van der Waals surface area contributed by atoms with Crippen LogP contribution in [0.1, 0.15) is 5.56 Å². The smallest absolute Gasteiger partial charge is 0.233 e. The summed E-state index contributed by atoms with van der Waals surface area (Å²) in [6, 6.07) is 7.83. The molecule has 0 unspecified atom stereocenters. The lowest BCUT2D eigenvalue weighted by molar-refractivity contribution is 0.276. The maximum Gasteiger partial charge on any atom is 0.233 e. The fraction of sp³-hybridized carbons (Fsp3) is 0.167. The van der Waals surface area contributed by atoms with Crippen molar-refractivity contribution in [3.63, 3.8) is 0 Å². The zero-order valence-electron chi connectivity index (χ0n) is 9.22. The van der Waals surface area contributed by atoms with Gasteiger partial charge in [-0.1, -0.05) is 0 Å². The molecule has 4 nitrogen and oxygen atoms in total. The molecule has 0 fully saturated rings. The Balaban J connectivity index is 2.38. The summed E-state index contributed by atoms with van der Waals surface area (Å²) >= 11 is 0. The van der Waals surface area contributed by atoms with E-state index in [1.807, 2.05) is 0 Å². The Morgan fingerprint density at radius 1 is 1.24 bits per heavy atom. The molecule has 5 heteroatoms. The Kier molecular flexibility index (Phi) is 3.30. The lowest BCUT2D eigenvalue weighted by atomic mass is 10.1. The Hall–Kier alpha value is -2.01. The monoisotopic (exact) mass is 234 g/mol. The molecule has 0 amide bonds. The number of halogens is 1. The summed E-state index contributed by atoms with van der Waals surface area (Å²) in [7, 11) is 1.51. The van der Waals surface area contributed by atoms with Crippen molar-refractivity contribution in [1.82, 2.24) is 10.2 Å². The van der Waals surface area contributed by atoms with Gasteiger partial charge in [0, 0.05) is 17.2 Å². The van der Waals surface area contributed by atoms with Crippen LogP contribution in [0.3, 0.4) is 0 Å². The predicted molar refractivity (Wildman–Crippen MR) is 59.9 cm³/mol. The zero-order valence-corrected chi connectivity index (χ0v) is 9.22. The minimum absolute atomic E-state index is 0.236. The molecule has 88 valence electrons. The van der Waals surface area contributed by atoms with Gasteiger partial charge in [-0.05, 0) is 24.3 Å². The first-order chi connectivity index (χ1) is 8.24. The third-order valence-corrected chi connectivity index (χ3v) is 2.36. The lowest BCUT2D eigenvalue weighted by Crippen LogP contribution is -1.94. The van der Waals surface area contributed by atoms with Crippen molar-refractivity contribution < 1.29 is 14.2 Å². The van der Waals surface area contributed by atoms with Crippen molar-refractivity contribution in [2.45, 2.75) is 6.61 Å². The highest BCUT2D eigenvalue weighted by molar-refractivity contribution is 5.59. The van der Waals surface area contributed by atoms with Crippen LogP contribution in [-0.4, -0.2) is 22.4 Å². The standard InChI is InChI=1S/C12H11FN2O2/c1-17-12-5-4-11(14-15-12)8-2-3-10(13)9(6-8)7-16/h2-6,16H,7H2,1H3. The number of hydrogen-bond donors (Lipinski definition) is 1. The number of aliphatic hydroxyl groups is 1. The van der Waals surface area contributed by atoms with Crippen LogP contribution in [0.25, 0.3) is 11.3 Å². The quantitative estimate of drug-likeness (QED) is 0.879. The molecule has 0 saturated heterocycles. The predicted octanol–water partition coefficient (Wildman–Crippen LogP) is 1.78. The number of aromatic nitrogens is 2. The molecule has 0 radical (unpaired) electrons. The van der Waals surface area contributed by atoms with Crippen LogP contribution in [0.15, 0.2) is 30.3 Å². The number of hydrogen-bond acceptors (Lipinski definition) is 4. The molecule has 0 spiro atoms. The Labute approximate surface area is 97.7 Å². The van der Waals surface area contributed by atoms with Gasteiger partial charge in [0.2, 0.25) is 5.88 Å². The van der Waals surface area contributed by atoms with E-state index < -0.39 is 5.82 Å². The van der Waals surface area contributed by atoms with Crippen LogP contribution in [0.5, 0.6) is 5.88 Å². The molecular weight excluding hydrogens is 223 g/mol. The van der Waals surface area contributed by atoms with Crippen LogP contribution in [0.4, 0.5) is 4.39 Å². The summed E-state index contributed by atoms with van der Waals surface area (Å²) in [6.07, 6.45) is 0. The molecule has 0 bridgehead atoms. The van der Waals surface area contributed by atoms with Crippen LogP contribution in [-0.2, 0) is 6.61 Å². The van der Waals surface area contributed by atoms with E-state index in [9.17, 15) is 4.39 Å². The van der Waals surface area contributed by atoms with Crippen LogP contribution in [0.2, 0.25) is 0 Å². The van der Waals surface area contributed by atoms with Crippen molar-refractivity contribution in [3.05, 3.63) is 41.7 Å². The molecule has 0 aliphatic carbocycles. The lowest BCUT2D eigenvalue weighted by Gasteiger charge is -2.04. The largest absolute Gasteiger partial charge is 0.480 e. The van der Waals surface area contributed by atoms with Crippen molar-refractivity contribution in [3.8, 4) is 17.1 Å². The second-order valence-corrected chi connectivity index (χ2v) is 3.43. The number of benzene rings is 1. The van der Waals surface area contributed by atoms with Gasteiger partial charge in [-0.25, -0.2) is 4.39 Å². The molecule has 0 aliphatic rings. The van der Waals surface area contributed by atoms with Crippen molar-refractivity contribution >= 4 is 0 Å². The molecule has 17 heavy (non-hydrogen) atoms. The van der Waals surface area contributed by atoms with Gasteiger partial charge in [-0.2, -0.15) is 0 Å². The average molecular weight is 234 g/mol. The normalized spacial score (nSPS) is 10.3. The maximum absolute atomic E-state index is 13.2. The van der Waals surface area contributed by atoms with Crippen molar-refractivity contribution in [1.29, 1.82) is 0 Å². The van der Waals surface area contributed by atoms with Crippen LogP contribution >= 0.6 is 0 Å². The highest BCUT2D eigenvalue weighted by Gasteiger charge is 2.06. The molecule has 2 aromatic rings. The highest BCUT2D eigenvalue weighted by Crippen LogP contribution is 2.20. The molecule has 0 aliphatic heterocycles. The summed E-state index contributed by atoms with van der Waals surface area (Å²) in [5, 5.41) is 16.7. The number of rotatable bonds is 3. The molecule has 1 heterocycles. The van der Waals surface area contributed by atoms with E-state index >= 15 is 0 Å². The minimum atomic E-state index is -0.433. The topological polar surface area (TPSA) is 55.2 Å². The van der Waals surface area contributed by atoms with Gasteiger partial charge in [-0.15, -0.1) is 10.2 Å². The summed E-state index contributed by atoms with van der Waals surface area (Å²) in [5.41, 5.74) is 1.53. The van der Waals surface area contributed by atoms with E-state index in [2.05, 4.69) is 10.2 Å². The average Bonchev–Trinajstić information content (AvgIpc) is 2.39. The SMILES string of the molecule is COc1ccc(-c2ccc(F)c(CO)c2)nn1. The van der Waals surface area contributed by atoms with E-state index in [1.165, 1.54) is 13.2 Å². The summed E-state index contributed by atoms with van der Waals surface area (Å²) in [4.78, 5) is 0. The first-order valence-electron chi connectivity index (χ1n) is 5.02. The molecule has 0 atom stereocenters. The summed E-state index contributed by atoms with van der Waals surface area (Å²) in [5.74, 6) is -0.0176. The molecular formula is C12H11FN2O2. The van der Waals surface area contributed by atoms with Crippen LogP contribution in [0, 0.1) is 5.82 Å². The third-order valence-electron chi connectivity index (χ3n) is 2.36. The third kappa shape index (κ3) is 2.39. The van der Waals surface area contributed by atoms with Crippen molar-refractivity contribution in [2.75, 3.05) is 7.11 Å². The summed E-state index contributed by atoms with van der Waals surface area (Å²) < 4.78 is 18.1. The molecule has 2 rings (SSSR count). The van der Waals surface area contributed by atoms with E-state index in [0.717, 1.165) is 0 Å². The van der Waals surface area contributed by atoms with Crippen LogP contribution < -0.4 is 4.74 Å². The fourth-order valence-corrected chi connectivity index (χ4v) is 1.44. The van der Waals surface area contributed by atoms with E-state index in [0.29, 0.717) is 17.1 Å². The second kappa shape index (κ2) is 4.88. The zero-order chi connectivity index (χ0) is 12.3. The Morgan fingerprint density at radius 3 is 2.65 bits per heavy atom. The van der Waals surface area contributed by atoms with E-state index in [4.69, 9.17) is 9.84 Å². The first kappa shape index (κ1) is 11.5. The molecule has 1 aromatic heterocycles. The van der Waals surface area contributed by atoms with Gasteiger partial charge in [0.1, 0.15) is 5.82 Å². The Morgan fingerprint density at radius 2 is 2.06 bits per heavy atom. The van der Waals surface area contributed by atoms with Gasteiger partial charge in [0.05, 0.1) is 19.4 Å².